The quantitative estimate of drug-likeness (QED) is 0.753. The molecule has 2 atom stereocenters. The Morgan fingerprint density at radius 3 is 2.50 bits per heavy atom. The molecule has 0 bridgehead atoms. The minimum atomic E-state index is -0.379. The van der Waals surface area contributed by atoms with Crippen LogP contribution in [-0.2, 0) is 0 Å². The average Bonchev–Trinajstić information content (AvgIpc) is 2.68. The van der Waals surface area contributed by atoms with Crippen LogP contribution in [0.4, 0.5) is 5.82 Å². The molecule has 1 aliphatic heterocycles. The first-order chi connectivity index (χ1) is 12.6. The van der Waals surface area contributed by atoms with E-state index in [1.165, 1.54) is 0 Å². The lowest BCUT2D eigenvalue weighted by molar-refractivity contribution is 0.146. The van der Waals surface area contributed by atoms with Gasteiger partial charge in [-0.1, -0.05) is 26.8 Å². The zero-order valence-corrected chi connectivity index (χ0v) is 16.4. The van der Waals surface area contributed by atoms with E-state index in [1.54, 1.807) is 0 Å². The number of aliphatic hydroxyl groups is 1. The molecular formula is C21H30N4O. The molecule has 26 heavy (non-hydrogen) atoms. The maximum atomic E-state index is 10.0. The van der Waals surface area contributed by atoms with Crippen molar-refractivity contribution in [2.24, 2.45) is 0 Å². The van der Waals surface area contributed by atoms with Gasteiger partial charge in [0.2, 0.25) is 0 Å². The summed E-state index contributed by atoms with van der Waals surface area (Å²) in [5.41, 5.74) is 3.08. The summed E-state index contributed by atoms with van der Waals surface area (Å²) in [5.74, 6) is 0.866. The number of anilines is 1. The predicted molar refractivity (Wildman–Crippen MR) is 110 cm³/mol. The third-order valence-corrected chi connectivity index (χ3v) is 4.34. The molecule has 140 valence electrons. The number of hydrogen-bond donors (Lipinski definition) is 3. The number of aromatic nitrogens is 2. The van der Waals surface area contributed by atoms with Crippen LogP contribution in [0.1, 0.15) is 46.7 Å². The number of dihydropyridines is 1. The maximum absolute atomic E-state index is 10.0. The third kappa shape index (κ3) is 4.41. The summed E-state index contributed by atoms with van der Waals surface area (Å²) in [6, 6.07) is 4.03. The molecule has 3 N–H and O–H groups in total. The molecule has 5 heteroatoms. The molecular weight excluding hydrogens is 324 g/mol. The molecule has 3 heterocycles. The maximum Gasteiger partial charge on any atom is 0.126 e. The summed E-state index contributed by atoms with van der Waals surface area (Å²) in [4.78, 5) is 9.03. The zero-order chi connectivity index (χ0) is 19.1. The lowest BCUT2D eigenvalue weighted by Crippen LogP contribution is -2.37. The summed E-state index contributed by atoms with van der Waals surface area (Å²) >= 11 is 0. The van der Waals surface area contributed by atoms with Crippen molar-refractivity contribution in [3.63, 3.8) is 0 Å². The molecule has 0 amide bonds. The Morgan fingerprint density at radius 1 is 1.15 bits per heavy atom. The molecule has 0 saturated carbocycles. The van der Waals surface area contributed by atoms with E-state index in [0.29, 0.717) is 0 Å². The van der Waals surface area contributed by atoms with Crippen molar-refractivity contribution in [2.75, 3.05) is 11.9 Å². The first kappa shape index (κ1) is 19.9. The summed E-state index contributed by atoms with van der Waals surface area (Å²) in [6.07, 6.45) is 8.12. The van der Waals surface area contributed by atoms with Crippen LogP contribution in [0, 0.1) is 0 Å². The number of hydrogen-bond acceptors (Lipinski definition) is 5. The predicted octanol–water partition coefficient (Wildman–Crippen LogP) is 4.12. The van der Waals surface area contributed by atoms with Gasteiger partial charge in [-0.15, -0.1) is 0 Å². The third-order valence-electron chi connectivity index (χ3n) is 4.34. The van der Waals surface area contributed by atoms with E-state index in [-0.39, 0.29) is 12.1 Å². The second kappa shape index (κ2) is 9.34. The van der Waals surface area contributed by atoms with Gasteiger partial charge in [-0.3, -0.25) is 4.98 Å². The normalized spacial score (nSPS) is 17.4. The molecule has 3 rings (SSSR count). The minimum Gasteiger partial charge on any atom is -0.391 e. The van der Waals surface area contributed by atoms with E-state index in [9.17, 15) is 5.11 Å². The number of nitrogens with one attached hydrogen (secondary N) is 2. The standard InChI is InChI=1S/C19H24N4O.C2H6/c1-4-18(24)17-6-12(3)15(11-22-17)16-7-13-10-23-19(20-5-2)8-14(13)9-21-16;1-2/h6-11,17-18,22,24H,4-5H2,1-3H3,(H,20,23);1-2H3. The molecule has 0 fully saturated rings. The van der Waals surface area contributed by atoms with Crippen LogP contribution >= 0.6 is 0 Å². The van der Waals surface area contributed by atoms with Gasteiger partial charge in [0.15, 0.2) is 0 Å². The van der Waals surface area contributed by atoms with Gasteiger partial charge in [-0.05, 0) is 38.0 Å². The minimum absolute atomic E-state index is 0.0384. The lowest BCUT2D eigenvalue weighted by Gasteiger charge is -2.25. The highest BCUT2D eigenvalue weighted by atomic mass is 16.3. The Morgan fingerprint density at radius 2 is 1.85 bits per heavy atom. The Bertz CT molecular complexity index is 798. The Kier molecular flexibility index (Phi) is 7.16. The summed E-state index contributed by atoms with van der Waals surface area (Å²) < 4.78 is 0. The highest BCUT2D eigenvalue weighted by molar-refractivity contribution is 5.88. The monoisotopic (exact) mass is 354 g/mol. The van der Waals surface area contributed by atoms with Crippen molar-refractivity contribution in [3.8, 4) is 0 Å². The average molecular weight is 354 g/mol. The first-order valence-corrected chi connectivity index (χ1v) is 9.45. The van der Waals surface area contributed by atoms with Gasteiger partial charge in [0, 0.05) is 41.5 Å². The highest BCUT2D eigenvalue weighted by Crippen LogP contribution is 2.27. The molecule has 0 aliphatic carbocycles. The van der Waals surface area contributed by atoms with Crippen LogP contribution in [-0.4, -0.2) is 33.8 Å². The van der Waals surface area contributed by atoms with Crippen LogP contribution in [0.3, 0.4) is 0 Å². The van der Waals surface area contributed by atoms with Gasteiger partial charge < -0.3 is 15.7 Å². The van der Waals surface area contributed by atoms with Crippen LogP contribution in [0.15, 0.2) is 42.4 Å². The molecule has 2 aromatic heterocycles. The zero-order valence-electron chi connectivity index (χ0n) is 16.4. The fourth-order valence-corrected chi connectivity index (χ4v) is 2.92. The molecule has 0 radical (unpaired) electrons. The SMILES string of the molecule is CC.CCNc1cc2cnc(C3=CNC(C(O)CC)C=C3C)cc2cn1. The number of nitrogens with zero attached hydrogens (tertiary/aromatic N) is 2. The van der Waals surface area contributed by atoms with Gasteiger partial charge in [-0.25, -0.2) is 4.98 Å². The van der Waals surface area contributed by atoms with E-state index >= 15 is 0 Å². The smallest absolute Gasteiger partial charge is 0.126 e. The second-order valence-electron chi connectivity index (χ2n) is 6.09. The molecule has 2 unspecified atom stereocenters. The van der Waals surface area contributed by atoms with E-state index in [1.807, 2.05) is 52.4 Å². The van der Waals surface area contributed by atoms with Gasteiger partial charge in [0.25, 0.3) is 0 Å². The molecule has 0 saturated heterocycles. The summed E-state index contributed by atoms with van der Waals surface area (Å²) in [7, 11) is 0. The molecule has 0 aromatic carbocycles. The molecule has 5 nitrogen and oxygen atoms in total. The first-order valence-electron chi connectivity index (χ1n) is 9.45. The number of allylic oxidation sites excluding steroid dienone is 2. The number of fused-ring (bicyclic) bond motifs is 1. The van der Waals surface area contributed by atoms with Crippen molar-refractivity contribution < 1.29 is 5.11 Å². The van der Waals surface area contributed by atoms with Crippen LogP contribution in [0.5, 0.6) is 0 Å². The van der Waals surface area contributed by atoms with E-state index in [0.717, 1.165) is 46.4 Å². The Hall–Kier alpha value is -2.40. The second-order valence-corrected chi connectivity index (χ2v) is 6.09. The van der Waals surface area contributed by atoms with Crippen molar-refractivity contribution in [1.82, 2.24) is 15.3 Å². The number of rotatable bonds is 5. The Balaban J connectivity index is 0.00000117. The molecule has 1 aliphatic rings. The fourth-order valence-electron chi connectivity index (χ4n) is 2.92. The van der Waals surface area contributed by atoms with Crippen molar-refractivity contribution >= 4 is 22.2 Å². The van der Waals surface area contributed by atoms with Crippen molar-refractivity contribution in [2.45, 2.75) is 53.2 Å². The van der Waals surface area contributed by atoms with Gasteiger partial charge in [0.1, 0.15) is 5.82 Å². The Labute approximate surface area is 156 Å². The number of pyridine rings is 2. The lowest BCUT2D eigenvalue weighted by atomic mass is 9.95. The fraction of sp³-hybridized carbons (Fsp3) is 0.429. The van der Waals surface area contributed by atoms with E-state index in [2.05, 4.69) is 39.7 Å². The largest absolute Gasteiger partial charge is 0.391 e. The van der Waals surface area contributed by atoms with Crippen molar-refractivity contribution in [1.29, 1.82) is 0 Å². The van der Waals surface area contributed by atoms with Gasteiger partial charge in [0.05, 0.1) is 17.8 Å². The molecule has 2 aromatic rings. The van der Waals surface area contributed by atoms with E-state index in [4.69, 9.17) is 0 Å². The van der Waals surface area contributed by atoms with Crippen molar-refractivity contribution in [3.05, 3.63) is 48.1 Å². The molecule has 0 spiro atoms. The summed E-state index contributed by atoms with van der Waals surface area (Å²) in [5, 5.41) is 18.6. The highest BCUT2D eigenvalue weighted by Gasteiger charge is 2.19. The van der Waals surface area contributed by atoms with E-state index < -0.39 is 0 Å². The van der Waals surface area contributed by atoms with Crippen LogP contribution in [0.25, 0.3) is 16.3 Å². The topological polar surface area (TPSA) is 70.1 Å². The van der Waals surface area contributed by atoms with Gasteiger partial charge >= 0.3 is 0 Å². The van der Waals surface area contributed by atoms with Gasteiger partial charge in [-0.2, -0.15) is 0 Å². The van der Waals surface area contributed by atoms with Crippen LogP contribution in [0.2, 0.25) is 0 Å². The summed E-state index contributed by atoms with van der Waals surface area (Å²) in [6.45, 7) is 10.9. The number of aliphatic hydroxyl groups excluding tert-OH is 1. The van der Waals surface area contributed by atoms with Crippen LogP contribution < -0.4 is 10.6 Å².